The number of fused-ring (bicyclic) bond motifs is 1. The zero-order chi connectivity index (χ0) is 14.5. The Morgan fingerprint density at radius 3 is 2.60 bits per heavy atom. The van der Waals surface area contributed by atoms with Gasteiger partial charge in [-0.15, -0.1) is 11.8 Å². The molecule has 5 heteroatoms. The monoisotopic (exact) mass is 295 g/mol. The smallest absolute Gasteiger partial charge is 0.302 e. The molecule has 2 rings (SSSR count). The van der Waals surface area contributed by atoms with Crippen molar-refractivity contribution in [2.45, 2.75) is 51.1 Å². The van der Waals surface area contributed by atoms with Crippen molar-refractivity contribution in [3.05, 3.63) is 21.7 Å². The molecule has 0 N–H and O–H groups in total. The van der Waals surface area contributed by atoms with Crippen molar-refractivity contribution in [2.75, 3.05) is 25.9 Å². The average Bonchev–Trinajstić information content (AvgIpc) is 2.49. The Kier molecular flexibility index (Phi) is 5.66. The van der Waals surface area contributed by atoms with Gasteiger partial charge in [-0.25, -0.2) is 4.79 Å². The minimum Gasteiger partial charge on any atom is -0.302 e. The van der Waals surface area contributed by atoms with Gasteiger partial charge in [0.15, 0.2) is 0 Å². The van der Waals surface area contributed by atoms with Gasteiger partial charge in [0.25, 0.3) is 0 Å². The second-order valence-corrected chi connectivity index (χ2v) is 6.01. The summed E-state index contributed by atoms with van der Waals surface area (Å²) in [5.74, 6) is 0. The number of hydrogen-bond acceptors (Lipinski definition) is 4. The molecule has 0 aliphatic heterocycles. The second-order valence-electron chi connectivity index (χ2n) is 5.21. The molecule has 0 bridgehead atoms. The lowest BCUT2D eigenvalue weighted by atomic mass is 9.97. The van der Waals surface area contributed by atoms with Crippen LogP contribution in [0.1, 0.15) is 37.9 Å². The Labute approximate surface area is 125 Å². The zero-order valence-electron chi connectivity index (χ0n) is 12.8. The van der Waals surface area contributed by atoms with E-state index in [0.717, 1.165) is 44.0 Å². The highest BCUT2D eigenvalue weighted by Gasteiger charge is 2.19. The molecule has 0 saturated heterocycles. The maximum absolute atomic E-state index is 12.3. The molecule has 1 heterocycles. The summed E-state index contributed by atoms with van der Waals surface area (Å²) >= 11 is 1.60. The molecule has 0 fully saturated rings. The van der Waals surface area contributed by atoms with E-state index in [1.807, 2.05) is 10.8 Å². The third-order valence-electron chi connectivity index (χ3n) is 4.18. The van der Waals surface area contributed by atoms with Gasteiger partial charge in [0.2, 0.25) is 0 Å². The minimum absolute atomic E-state index is 0.0674. The Morgan fingerprint density at radius 2 is 1.95 bits per heavy atom. The van der Waals surface area contributed by atoms with E-state index in [-0.39, 0.29) is 5.69 Å². The third kappa shape index (κ3) is 3.26. The fraction of sp³-hybridized carbons (Fsp3) is 0.733. The fourth-order valence-electron chi connectivity index (χ4n) is 2.93. The second kappa shape index (κ2) is 7.27. The summed E-state index contributed by atoms with van der Waals surface area (Å²) < 4.78 is 1.92. The van der Waals surface area contributed by atoms with Gasteiger partial charge in [-0.05, 0) is 45.0 Å². The minimum atomic E-state index is -0.0674. The van der Waals surface area contributed by atoms with E-state index in [9.17, 15) is 4.79 Å². The summed E-state index contributed by atoms with van der Waals surface area (Å²) in [4.78, 5) is 18.9. The predicted octanol–water partition coefficient (Wildman–Crippen LogP) is 2.19. The van der Waals surface area contributed by atoms with Gasteiger partial charge in [0.1, 0.15) is 5.03 Å². The lowest BCUT2D eigenvalue weighted by Gasteiger charge is -2.24. The van der Waals surface area contributed by atoms with Crippen molar-refractivity contribution in [1.82, 2.24) is 14.5 Å². The topological polar surface area (TPSA) is 38.1 Å². The highest BCUT2D eigenvalue weighted by molar-refractivity contribution is 7.98. The number of thioether (sulfide) groups is 1. The number of nitrogens with zero attached hydrogens (tertiary/aromatic N) is 3. The van der Waals surface area contributed by atoms with Gasteiger partial charge < -0.3 is 4.90 Å². The van der Waals surface area contributed by atoms with Crippen molar-refractivity contribution in [3.63, 3.8) is 0 Å². The molecular formula is C15H25N3OS. The van der Waals surface area contributed by atoms with Crippen molar-refractivity contribution in [2.24, 2.45) is 0 Å². The molecule has 1 aliphatic rings. The van der Waals surface area contributed by atoms with E-state index in [0.29, 0.717) is 0 Å². The lowest BCUT2D eigenvalue weighted by Crippen LogP contribution is -2.35. The Hall–Kier alpha value is -0.810. The van der Waals surface area contributed by atoms with Crippen LogP contribution in [-0.4, -0.2) is 40.3 Å². The van der Waals surface area contributed by atoms with Crippen LogP contribution in [0, 0.1) is 0 Å². The van der Waals surface area contributed by atoms with E-state index < -0.39 is 0 Å². The first-order valence-corrected chi connectivity index (χ1v) is 8.82. The molecule has 0 spiro atoms. The van der Waals surface area contributed by atoms with Crippen molar-refractivity contribution < 1.29 is 0 Å². The van der Waals surface area contributed by atoms with Crippen LogP contribution in [0.15, 0.2) is 9.82 Å². The lowest BCUT2D eigenvalue weighted by molar-refractivity contribution is 0.285. The molecule has 20 heavy (non-hydrogen) atoms. The molecule has 1 aromatic heterocycles. The molecule has 0 atom stereocenters. The summed E-state index contributed by atoms with van der Waals surface area (Å²) in [5.41, 5.74) is 2.50. The van der Waals surface area contributed by atoms with Crippen LogP contribution in [0.25, 0.3) is 0 Å². The molecule has 0 radical (unpaired) electrons. The summed E-state index contributed by atoms with van der Waals surface area (Å²) in [6.45, 7) is 8.09. The third-order valence-corrected chi connectivity index (χ3v) is 4.90. The Bertz CT molecular complexity index is 509. The van der Waals surface area contributed by atoms with Gasteiger partial charge in [-0.2, -0.15) is 4.98 Å². The summed E-state index contributed by atoms with van der Waals surface area (Å²) in [7, 11) is 0. The van der Waals surface area contributed by atoms with E-state index in [1.54, 1.807) is 11.8 Å². The van der Waals surface area contributed by atoms with Crippen LogP contribution < -0.4 is 5.69 Å². The van der Waals surface area contributed by atoms with Gasteiger partial charge in [0, 0.05) is 24.3 Å². The predicted molar refractivity (Wildman–Crippen MR) is 84.7 cm³/mol. The molecule has 1 aromatic rings. The first kappa shape index (κ1) is 15.6. The summed E-state index contributed by atoms with van der Waals surface area (Å²) in [6, 6.07) is 0. The molecule has 0 unspecified atom stereocenters. The van der Waals surface area contributed by atoms with Crippen LogP contribution in [0.5, 0.6) is 0 Å². The molecule has 0 aromatic carbocycles. The van der Waals surface area contributed by atoms with Gasteiger partial charge in [-0.1, -0.05) is 13.8 Å². The molecule has 1 aliphatic carbocycles. The molecule has 4 nitrogen and oxygen atoms in total. The van der Waals surface area contributed by atoms with Crippen molar-refractivity contribution >= 4 is 11.8 Å². The number of rotatable bonds is 6. The standard InChI is InChI=1S/C15H25N3OS/c1-4-17(5-2)10-11-18-13-9-7-6-8-12(13)14(20-3)16-15(18)19/h4-11H2,1-3H3. The van der Waals surface area contributed by atoms with E-state index >= 15 is 0 Å². The number of hydrogen-bond donors (Lipinski definition) is 0. The molecule has 112 valence electrons. The fourth-order valence-corrected chi connectivity index (χ4v) is 3.56. The zero-order valence-corrected chi connectivity index (χ0v) is 13.6. The van der Waals surface area contributed by atoms with Crippen molar-refractivity contribution in [3.8, 4) is 0 Å². The van der Waals surface area contributed by atoms with Gasteiger partial charge >= 0.3 is 5.69 Å². The highest BCUT2D eigenvalue weighted by Crippen LogP contribution is 2.26. The maximum Gasteiger partial charge on any atom is 0.348 e. The van der Waals surface area contributed by atoms with Crippen molar-refractivity contribution in [1.29, 1.82) is 0 Å². The van der Waals surface area contributed by atoms with Crippen LogP contribution in [-0.2, 0) is 19.4 Å². The summed E-state index contributed by atoms with van der Waals surface area (Å²) in [5, 5.41) is 0.948. The van der Waals surface area contributed by atoms with Crippen LogP contribution in [0.4, 0.5) is 0 Å². The number of likely N-dealkylation sites (N-methyl/N-ethyl adjacent to an activating group) is 1. The molecule has 0 saturated carbocycles. The van der Waals surface area contributed by atoms with Crippen LogP contribution in [0.3, 0.4) is 0 Å². The molecule has 0 amide bonds. The van der Waals surface area contributed by atoms with Gasteiger partial charge in [0.05, 0.1) is 0 Å². The molecular weight excluding hydrogens is 270 g/mol. The van der Waals surface area contributed by atoms with E-state index in [2.05, 4.69) is 23.7 Å². The first-order chi connectivity index (χ1) is 9.71. The maximum atomic E-state index is 12.3. The van der Waals surface area contributed by atoms with E-state index in [4.69, 9.17) is 0 Å². The van der Waals surface area contributed by atoms with E-state index in [1.165, 1.54) is 24.1 Å². The SMILES string of the molecule is CCN(CC)CCn1c2c(c(SC)nc1=O)CCCC2. The largest absolute Gasteiger partial charge is 0.348 e. The summed E-state index contributed by atoms with van der Waals surface area (Å²) in [6.07, 6.45) is 6.52. The Morgan fingerprint density at radius 1 is 1.25 bits per heavy atom. The van der Waals surface area contributed by atoms with Crippen LogP contribution >= 0.6 is 11.8 Å². The number of aromatic nitrogens is 2. The Balaban J connectivity index is 2.30. The first-order valence-electron chi connectivity index (χ1n) is 7.60. The highest BCUT2D eigenvalue weighted by atomic mass is 32.2. The normalized spacial score (nSPS) is 14.6. The van der Waals surface area contributed by atoms with Gasteiger partial charge in [-0.3, -0.25) is 4.57 Å². The average molecular weight is 295 g/mol. The quantitative estimate of drug-likeness (QED) is 0.595. The van der Waals surface area contributed by atoms with Crippen LogP contribution in [0.2, 0.25) is 0 Å².